The van der Waals surface area contributed by atoms with Crippen molar-refractivity contribution >= 4 is 9.84 Å². The standard InChI is InChI=1S/C14H21NO2S/c1-15-11-10-12-6-8-14(9-7-12)18(16,17)13-4-2-3-5-13/h6-9,13,15H,2-5,10-11H2,1H3. The number of hydrogen-bond donors (Lipinski definition) is 1. The number of rotatable bonds is 5. The zero-order chi connectivity index (χ0) is 13.0. The van der Waals surface area contributed by atoms with Crippen molar-refractivity contribution in [2.45, 2.75) is 42.2 Å². The molecule has 0 atom stereocenters. The molecule has 1 saturated carbocycles. The van der Waals surface area contributed by atoms with E-state index in [0.29, 0.717) is 4.90 Å². The van der Waals surface area contributed by atoms with Gasteiger partial charge in [-0.15, -0.1) is 0 Å². The molecule has 1 aliphatic carbocycles. The Hall–Kier alpha value is -0.870. The van der Waals surface area contributed by atoms with E-state index >= 15 is 0 Å². The summed E-state index contributed by atoms with van der Waals surface area (Å²) in [6.07, 6.45) is 4.67. The van der Waals surface area contributed by atoms with Crippen molar-refractivity contribution in [1.82, 2.24) is 5.32 Å². The van der Waals surface area contributed by atoms with Crippen LogP contribution in [-0.2, 0) is 16.3 Å². The van der Waals surface area contributed by atoms with E-state index < -0.39 is 9.84 Å². The van der Waals surface area contributed by atoms with Gasteiger partial charge in [-0.1, -0.05) is 25.0 Å². The third kappa shape index (κ3) is 2.93. The number of likely N-dealkylation sites (N-methyl/N-ethyl adjacent to an activating group) is 1. The minimum absolute atomic E-state index is 0.152. The Balaban J connectivity index is 2.13. The summed E-state index contributed by atoms with van der Waals surface area (Å²) < 4.78 is 24.7. The van der Waals surface area contributed by atoms with Gasteiger partial charge in [0.15, 0.2) is 9.84 Å². The molecule has 4 heteroatoms. The van der Waals surface area contributed by atoms with Crippen LogP contribution in [0.15, 0.2) is 29.2 Å². The van der Waals surface area contributed by atoms with Gasteiger partial charge in [0.05, 0.1) is 10.1 Å². The first-order chi connectivity index (χ1) is 8.64. The number of sulfone groups is 1. The fraction of sp³-hybridized carbons (Fsp3) is 0.571. The van der Waals surface area contributed by atoms with Gasteiger partial charge in [-0.25, -0.2) is 8.42 Å². The molecule has 3 nitrogen and oxygen atoms in total. The van der Waals surface area contributed by atoms with E-state index in [1.807, 2.05) is 19.2 Å². The minimum Gasteiger partial charge on any atom is -0.319 e. The molecule has 0 saturated heterocycles. The van der Waals surface area contributed by atoms with Crippen LogP contribution in [0.4, 0.5) is 0 Å². The number of benzene rings is 1. The van der Waals surface area contributed by atoms with Gasteiger partial charge >= 0.3 is 0 Å². The highest BCUT2D eigenvalue weighted by Gasteiger charge is 2.29. The topological polar surface area (TPSA) is 46.2 Å². The first-order valence-corrected chi connectivity index (χ1v) is 8.16. The SMILES string of the molecule is CNCCc1ccc(S(=O)(=O)C2CCCC2)cc1. The average molecular weight is 267 g/mol. The summed E-state index contributed by atoms with van der Waals surface area (Å²) in [7, 11) is -1.18. The second-order valence-electron chi connectivity index (χ2n) is 4.95. The van der Waals surface area contributed by atoms with Gasteiger partial charge in [0, 0.05) is 0 Å². The summed E-state index contributed by atoms with van der Waals surface area (Å²) in [5.41, 5.74) is 1.18. The third-order valence-corrected chi connectivity index (χ3v) is 5.93. The lowest BCUT2D eigenvalue weighted by Crippen LogP contribution is -2.17. The second kappa shape index (κ2) is 5.85. The average Bonchev–Trinajstić information content (AvgIpc) is 2.91. The summed E-state index contributed by atoms with van der Waals surface area (Å²) in [4.78, 5) is 0.489. The van der Waals surface area contributed by atoms with E-state index in [-0.39, 0.29) is 5.25 Å². The van der Waals surface area contributed by atoms with Crippen LogP contribution in [0.3, 0.4) is 0 Å². The summed E-state index contributed by atoms with van der Waals surface area (Å²) >= 11 is 0. The predicted octanol–water partition coefficient (Wildman–Crippen LogP) is 2.16. The lowest BCUT2D eigenvalue weighted by Gasteiger charge is -2.11. The summed E-state index contributed by atoms with van der Waals surface area (Å²) in [6, 6.07) is 7.38. The van der Waals surface area contributed by atoms with Crippen LogP contribution in [0, 0.1) is 0 Å². The van der Waals surface area contributed by atoms with Gasteiger partial charge in [0.2, 0.25) is 0 Å². The molecule has 1 fully saturated rings. The zero-order valence-electron chi connectivity index (χ0n) is 10.9. The minimum atomic E-state index is -3.09. The van der Waals surface area contributed by atoms with Crippen LogP contribution < -0.4 is 5.32 Å². The maximum absolute atomic E-state index is 12.3. The van der Waals surface area contributed by atoms with Crippen LogP contribution >= 0.6 is 0 Å². The van der Waals surface area contributed by atoms with E-state index in [4.69, 9.17) is 0 Å². The summed E-state index contributed by atoms with van der Waals surface area (Å²) in [6.45, 7) is 0.911. The molecule has 0 unspecified atom stereocenters. The molecule has 1 aliphatic rings. The molecule has 1 aromatic rings. The van der Waals surface area contributed by atoms with Gasteiger partial charge in [0.1, 0.15) is 0 Å². The second-order valence-corrected chi connectivity index (χ2v) is 7.18. The molecule has 18 heavy (non-hydrogen) atoms. The zero-order valence-corrected chi connectivity index (χ0v) is 11.7. The van der Waals surface area contributed by atoms with Gasteiger partial charge in [-0.05, 0) is 50.6 Å². The lowest BCUT2D eigenvalue weighted by atomic mass is 10.1. The molecule has 0 aromatic heterocycles. The molecular weight excluding hydrogens is 246 g/mol. The smallest absolute Gasteiger partial charge is 0.181 e. The maximum atomic E-state index is 12.3. The van der Waals surface area contributed by atoms with Crippen LogP contribution in [0.2, 0.25) is 0 Å². The van der Waals surface area contributed by atoms with Gasteiger partial charge in [0.25, 0.3) is 0 Å². The first-order valence-electron chi connectivity index (χ1n) is 6.62. The molecular formula is C14H21NO2S. The highest BCUT2D eigenvalue weighted by molar-refractivity contribution is 7.92. The quantitative estimate of drug-likeness (QED) is 0.889. The molecule has 0 spiro atoms. The summed E-state index contributed by atoms with van der Waals surface area (Å²) in [5, 5.41) is 2.94. The van der Waals surface area contributed by atoms with Crippen LogP contribution in [0.5, 0.6) is 0 Å². The van der Waals surface area contributed by atoms with Crippen molar-refractivity contribution in [3.05, 3.63) is 29.8 Å². The van der Waals surface area contributed by atoms with Crippen molar-refractivity contribution < 1.29 is 8.42 Å². The third-order valence-electron chi connectivity index (χ3n) is 3.66. The van der Waals surface area contributed by atoms with Gasteiger partial charge < -0.3 is 5.32 Å². The molecule has 0 heterocycles. The maximum Gasteiger partial charge on any atom is 0.181 e. The Kier molecular flexibility index (Phi) is 4.40. The fourth-order valence-electron chi connectivity index (χ4n) is 2.51. The molecule has 0 radical (unpaired) electrons. The highest BCUT2D eigenvalue weighted by Crippen LogP contribution is 2.29. The Morgan fingerprint density at radius 2 is 1.78 bits per heavy atom. The normalized spacial score (nSPS) is 17.2. The van der Waals surface area contributed by atoms with Crippen molar-refractivity contribution in [2.24, 2.45) is 0 Å². The molecule has 1 N–H and O–H groups in total. The first kappa shape index (κ1) is 13.6. The van der Waals surface area contributed by atoms with Crippen LogP contribution in [0.1, 0.15) is 31.2 Å². The molecule has 2 rings (SSSR count). The highest BCUT2D eigenvalue weighted by atomic mass is 32.2. The van der Waals surface area contributed by atoms with E-state index in [2.05, 4.69) is 5.32 Å². The van der Waals surface area contributed by atoms with Crippen molar-refractivity contribution in [1.29, 1.82) is 0 Å². The Bertz CT molecular complexity index is 473. The molecule has 0 aliphatic heterocycles. The van der Waals surface area contributed by atoms with Gasteiger partial charge in [-0.3, -0.25) is 0 Å². The van der Waals surface area contributed by atoms with Crippen LogP contribution in [-0.4, -0.2) is 27.3 Å². The predicted molar refractivity (Wildman–Crippen MR) is 73.5 cm³/mol. The molecule has 0 bridgehead atoms. The van der Waals surface area contributed by atoms with Crippen molar-refractivity contribution in [3.8, 4) is 0 Å². The van der Waals surface area contributed by atoms with Crippen LogP contribution in [0.25, 0.3) is 0 Å². The van der Waals surface area contributed by atoms with E-state index in [0.717, 1.165) is 38.6 Å². The lowest BCUT2D eigenvalue weighted by molar-refractivity contribution is 0.579. The molecule has 1 aromatic carbocycles. The number of nitrogens with one attached hydrogen (secondary N) is 1. The summed E-state index contributed by atoms with van der Waals surface area (Å²) in [5.74, 6) is 0. The van der Waals surface area contributed by atoms with Crippen molar-refractivity contribution in [2.75, 3.05) is 13.6 Å². The Morgan fingerprint density at radius 3 is 2.33 bits per heavy atom. The Labute approximate surface area is 110 Å². The Morgan fingerprint density at radius 1 is 1.17 bits per heavy atom. The monoisotopic (exact) mass is 267 g/mol. The number of hydrogen-bond acceptors (Lipinski definition) is 3. The molecule has 100 valence electrons. The van der Waals surface area contributed by atoms with E-state index in [1.54, 1.807) is 12.1 Å². The fourth-order valence-corrected chi connectivity index (χ4v) is 4.36. The van der Waals surface area contributed by atoms with E-state index in [1.165, 1.54) is 5.56 Å². The van der Waals surface area contributed by atoms with Crippen molar-refractivity contribution in [3.63, 3.8) is 0 Å². The largest absolute Gasteiger partial charge is 0.319 e. The van der Waals surface area contributed by atoms with Gasteiger partial charge in [-0.2, -0.15) is 0 Å². The van der Waals surface area contributed by atoms with E-state index in [9.17, 15) is 8.42 Å². The molecule has 0 amide bonds.